The first-order valence-corrected chi connectivity index (χ1v) is 7.93. The van der Waals surface area contributed by atoms with E-state index in [4.69, 9.17) is 10.5 Å². The van der Waals surface area contributed by atoms with Crippen molar-refractivity contribution in [1.82, 2.24) is 9.80 Å². The Labute approximate surface area is 127 Å². The van der Waals surface area contributed by atoms with E-state index in [2.05, 4.69) is 36.0 Å². The van der Waals surface area contributed by atoms with Crippen molar-refractivity contribution >= 4 is 0 Å². The van der Waals surface area contributed by atoms with E-state index in [9.17, 15) is 0 Å². The number of likely N-dealkylation sites (N-methyl/N-ethyl adjacent to an activating group) is 2. The Hall–Kier alpha value is -1.10. The van der Waals surface area contributed by atoms with Crippen molar-refractivity contribution in [3.8, 4) is 5.75 Å². The lowest BCUT2D eigenvalue weighted by molar-refractivity contribution is 0.0919. The number of piperidine rings is 1. The first-order chi connectivity index (χ1) is 10.1. The van der Waals surface area contributed by atoms with Crippen molar-refractivity contribution in [3.63, 3.8) is 0 Å². The Morgan fingerprint density at radius 1 is 1.38 bits per heavy atom. The SMILES string of the molecule is COc1ccc2c(c1)C(N)C(N(C)C1CCCN(C)C1)C2. The molecule has 1 saturated heterocycles. The molecule has 1 aliphatic carbocycles. The second-order valence-corrected chi connectivity index (χ2v) is 6.59. The molecule has 2 aliphatic rings. The molecule has 116 valence electrons. The normalized spacial score (nSPS) is 29.7. The number of nitrogens with two attached hydrogens (primary N) is 1. The van der Waals surface area contributed by atoms with Crippen LogP contribution in [0.15, 0.2) is 18.2 Å². The summed E-state index contributed by atoms with van der Waals surface area (Å²) < 4.78 is 5.34. The molecule has 1 aromatic carbocycles. The summed E-state index contributed by atoms with van der Waals surface area (Å²) in [5.41, 5.74) is 9.18. The lowest BCUT2D eigenvalue weighted by Gasteiger charge is -2.40. The average Bonchev–Trinajstić information content (AvgIpc) is 2.83. The van der Waals surface area contributed by atoms with Gasteiger partial charge in [0.05, 0.1) is 7.11 Å². The van der Waals surface area contributed by atoms with Crippen LogP contribution in [0.2, 0.25) is 0 Å². The molecule has 3 rings (SSSR count). The summed E-state index contributed by atoms with van der Waals surface area (Å²) in [6, 6.07) is 7.45. The first-order valence-electron chi connectivity index (χ1n) is 7.93. The number of ether oxygens (including phenoxy) is 1. The van der Waals surface area contributed by atoms with Crippen LogP contribution >= 0.6 is 0 Å². The van der Waals surface area contributed by atoms with Gasteiger partial charge in [0.15, 0.2) is 0 Å². The van der Waals surface area contributed by atoms with Gasteiger partial charge >= 0.3 is 0 Å². The second-order valence-electron chi connectivity index (χ2n) is 6.59. The number of hydrogen-bond acceptors (Lipinski definition) is 4. The van der Waals surface area contributed by atoms with E-state index in [0.717, 1.165) is 18.7 Å². The van der Waals surface area contributed by atoms with Gasteiger partial charge in [-0.05, 0) is 63.2 Å². The highest BCUT2D eigenvalue weighted by Crippen LogP contribution is 2.36. The van der Waals surface area contributed by atoms with Gasteiger partial charge in [-0.2, -0.15) is 0 Å². The smallest absolute Gasteiger partial charge is 0.119 e. The molecule has 4 heteroatoms. The van der Waals surface area contributed by atoms with E-state index in [1.807, 2.05) is 6.07 Å². The van der Waals surface area contributed by atoms with E-state index in [0.29, 0.717) is 12.1 Å². The summed E-state index contributed by atoms with van der Waals surface area (Å²) in [5.74, 6) is 0.907. The molecular formula is C17H27N3O. The van der Waals surface area contributed by atoms with Crippen LogP contribution in [0.25, 0.3) is 0 Å². The molecule has 0 saturated carbocycles. The van der Waals surface area contributed by atoms with Crippen molar-refractivity contribution < 1.29 is 4.74 Å². The van der Waals surface area contributed by atoms with Gasteiger partial charge in [-0.15, -0.1) is 0 Å². The van der Waals surface area contributed by atoms with Crippen molar-refractivity contribution in [2.24, 2.45) is 5.73 Å². The second kappa shape index (κ2) is 5.95. The van der Waals surface area contributed by atoms with E-state index < -0.39 is 0 Å². The zero-order valence-electron chi connectivity index (χ0n) is 13.4. The Bertz CT molecular complexity index is 505. The molecule has 1 heterocycles. The van der Waals surface area contributed by atoms with Crippen LogP contribution < -0.4 is 10.5 Å². The monoisotopic (exact) mass is 289 g/mol. The molecule has 4 nitrogen and oxygen atoms in total. The zero-order valence-corrected chi connectivity index (χ0v) is 13.4. The van der Waals surface area contributed by atoms with Gasteiger partial charge < -0.3 is 15.4 Å². The van der Waals surface area contributed by atoms with Crippen LogP contribution in [0.5, 0.6) is 5.75 Å². The molecule has 0 spiro atoms. The van der Waals surface area contributed by atoms with Gasteiger partial charge in [0.1, 0.15) is 5.75 Å². The van der Waals surface area contributed by atoms with Crippen LogP contribution in [0, 0.1) is 0 Å². The Balaban J connectivity index is 1.75. The van der Waals surface area contributed by atoms with Crippen LogP contribution in [0.1, 0.15) is 30.0 Å². The third-order valence-electron chi connectivity index (χ3n) is 5.25. The van der Waals surface area contributed by atoms with Crippen molar-refractivity contribution in [2.45, 2.75) is 37.4 Å². The molecule has 1 fully saturated rings. The third-order valence-corrected chi connectivity index (χ3v) is 5.25. The summed E-state index contributed by atoms with van der Waals surface area (Å²) >= 11 is 0. The van der Waals surface area contributed by atoms with E-state index in [-0.39, 0.29) is 6.04 Å². The Morgan fingerprint density at radius 2 is 2.19 bits per heavy atom. The van der Waals surface area contributed by atoms with Gasteiger partial charge in [0, 0.05) is 24.7 Å². The maximum atomic E-state index is 6.55. The fraction of sp³-hybridized carbons (Fsp3) is 0.647. The molecule has 1 aromatic rings. The maximum Gasteiger partial charge on any atom is 0.119 e. The number of rotatable bonds is 3. The molecule has 2 N–H and O–H groups in total. The summed E-state index contributed by atoms with van der Waals surface area (Å²) in [6.07, 6.45) is 3.62. The minimum atomic E-state index is 0.0901. The predicted octanol–water partition coefficient (Wildman–Crippen LogP) is 1.65. The lowest BCUT2D eigenvalue weighted by atomic mass is 10.0. The molecule has 0 bridgehead atoms. The molecular weight excluding hydrogens is 262 g/mol. The Morgan fingerprint density at radius 3 is 2.90 bits per heavy atom. The van der Waals surface area contributed by atoms with E-state index in [1.54, 1.807) is 7.11 Å². The lowest BCUT2D eigenvalue weighted by Crippen LogP contribution is -2.51. The van der Waals surface area contributed by atoms with Crippen molar-refractivity contribution in [1.29, 1.82) is 0 Å². The fourth-order valence-corrected chi connectivity index (χ4v) is 3.90. The summed E-state index contributed by atoms with van der Waals surface area (Å²) in [4.78, 5) is 4.95. The molecule has 3 atom stereocenters. The molecule has 3 unspecified atom stereocenters. The van der Waals surface area contributed by atoms with Gasteiger partial charge in [-0.1, -0.05) is 6.07 Å². The maximum absolute atomic E-state index is 6.55. The van der Waals surface area contributed by atoms with Crippen molar-refractivity contribution in [3.05, 3.63) is 29.3 Å². The first kappa shape index (κ1) is 14.8. The standard InChI is InChI=1S/C17H27N3O/c1-19-8-4-5-13(11-19)20(2)16-9-12-6-7-14(21-3)10-15(12)17(16)18/h6-7,10,13,16-17H,4-5,8-9,11,18H2,1-3H3. The third kappa shape index (κ3) is 2.80. The summed E-state index contributed by atoms with van der Waals surface area (Å²) in [7, 11) is 6.18. The number of nitrogens with zero attached hydrogens (tertiary/aromatic N) is 2. The topological polar surface area (TPSA) is 41.7 Å². The average molecular weight is 289 g/mol. The zero-order chi connectivity index (χ0) is 15.0. The van der Waals surface area contributed by atoms with Crippen LogP contribution in [0.4, 0.5) is 0 Å². The molecule has 0 amide bonds. The number of fused-ring (bicyclic) bond motifs is 1. The minimum Gasteiger partial charge on any atom is -0.497 e. The van der Waals surface area contributed by atoms with Crippen molar-refractivity contribution in [2.75, 3.05) is 34.3 Å². The summed E-state index contributed by atoms with van der Waals surface area (Å²) in [6.45, 7) is 2.37. The molecule has 21 heavy (non-hydrogen) atoms. The van der Waals surface area contributed by atoms with Gasteiger partial charge in [-0.3, -0.25) is 4.90 Å². The highest BCUT2D eigenvalue weighted by atomic mass is 16.5. The molecule has 0 radical (unpaired) electrons. The highest BCUT2D eigenvalue weighted by molar-refractivity contribution is 5.42. The van der Waals surface area contributed by atoms with Crippen LogP contribution in [-0.4, -0.2) is 56.2 Å². The van der Waals surface area contributed by atoms with Crippen LogP contribution in [-0.2, 0) is 6.42 Å². The fourth-order valence-electron chi connectivity index (χ4n) is 3.90. The van der Waals surface area contributed by atoms with Gasteiger partial charge in [0.25, 0.3) is 0 Å². The number of hydrogen-bond donors (Lipinski definition) is 1. The largest absolute Gasteiger partial charge is 0.497 e. The predicted molar refractivity (Wildman–Crippen MR) is 85.7 cm³/mol. The molecule has 1 aliphatic heterocycles. The van der Waals surface area contributed by atoms with E-state index in [1.165, 1.54) is 30.5 Å². The van der Waals surface area contributed by atoms with E-state index >= 15 is 0 Å². The quantitative estimate of drug-likeness (QED) is 0.918. The summed E-state index contributed by atoms with van der Waals surface area (Å²) in [5, 5.41) is 0. The van der Waals surface area contributed by atoms with Gasteiger partial charge in [0.2, 0.25) is 0 Å². The number of benzene rings is 1. The molecule has 0 aromatic heterocycles. The number of methoxy groups -OCH3 is 1. The van der Waals surface area contributed by atoms with Gasteiger partial charge in [-0.25, -0.2) is 0 Å². The Kier molecular flexibility index (Phi) is 4.20. The van der Waals surface area contributed by atoms with Crippen LogP contribution in [0.3, 0.4) is 0 Å². The minimum absolute atomic E-state index is 0.0901. The number of likely N-dealkylation sites (tertiary alicyclic amines) is 1. The highest BCUT2D eigenvalue weighted by Gasteiger charge is 2.36.